The molecule has 0 aliphatic rings. The number of nitrogens with one attached hydrogen (secondary N) is 1. The molecule has 1 amide bonds. The zero-order valence-corrected chi connectivity index (χ0v) is 12.8. The number of unbranched alkanes of at least 4 members (excludes halogenated alkanes) is 5. The third-order valence-electron chi connectivity index (χ3n) is 3.27. The minimum Gasteiger partial charge on any atom is -0.384 e. The summed E-state index contributed by atoms with van der Waals surface area (Å²) in [6.45, 7) is 2.79. The van der Waals surface area contributed by atoms with E-state index in [4.69, 9.17) is 5.11 Å². The van der Waals surface area contributed by atoms with Crippen LogP contribution in [0.15, 0.2) is 24.3 Å². The van der Waals surface area contributed by atoms with E-state index in [9.17, 15) is 4.79 Å². The molecular formula is C18H25NO2. The van der Waals surface area contributed by atoms with Crippen molar-refractivity contribution in [2.24, 2.45) is 0 Å². The number of aliphatic hydroxyl groups is 1. The lowest BCUT2D eigenvalue weighted by Gasteiger charge is -2.05. The predicted molar refractivity (Wildman–Crippen MR) is 86.1 cm³/mol. The molecule has 0 saturated carbocycles. The average molecular weight is 287 g/mol. The van der Waals surface area contributed by atoms with Gasteiger partial charge in [-0.05, 0) is 30.7 Å². The van der Waals surface area contributed by atoms with Gasteiger partial charge in [0.1, 0.15) is 6.61 Å². The SMILES string of the molecule is CCCCCCCCNC(=O)c1ccc(C#CCO)cc1. The Kier molecular flexibility index (Phi) is 8.99. The van der Waals surface area contributed by atoms with Crippen molar-refractivity contribution in [2.45, 2.75) is 45.4 Å². The number of carbonyl (C=O) groups excluding carboxylic acids is 1. The molecule has 21 heavy (non-hydrogen) atoms. The second-order valence-electron chi connectivity index (χ2n) is 5.06. The van der Waals surface area contributed by atoms with Crippen LogP contribution in [0.3, 0.4) is 0 Å². The summed E-state index contributed by atoms with van der Waals surface area (Å²) in [7, 11) is 0. The highest BCUT2D eigenvalue weighted by molar-refractivity contribution is 5.94. The summed E-state index contributed by atoms with van der Waals surface area (Å²) in [5, 5.41) is 11.6. The monoisotopic (exact) mass is 287 g/mol. The van der Waals surface area contributed by atoms with E-state index in [1.807, 2.05) is 0 Å². The minimum absolute atomic E-state index is 0.0368. The van der Waals surface area contributed by atoms with E-state index in [0.29, 0.717) is 5.56 Å². The Morgan fingerprint density at radius 2 is 1.76 bits per heavy atom. The third kappa shape index (κ3) is 7.53. The first-order valence-electron chi connectivity index (χ1n) is 7.76. The zero-order chi connectivity index (χ0) is 15.3. The number of aliphatic hydroxyl groups excluding tert-OH is 1. The molecule has 3 nitrogen and oxygen atoms in total. The van der Waals surface area contributed by atoms with Gasteiger partial charge in [-0.2, -0.15) is 0 Å². The van der Waals surface area contributed by atoms with Gasteiger partial charge in [0.25, 0.3) is 5.91 Å². The highest BCUT2D eigenvalue weighted by Crippen LogP contribution is 2.05. The number of rotatable bonds is 8. The number of hydrogen-bond donors (Lipinski definition) is 2. The molecule has 114 valence electrons. The molecule has 0 radical (unpaired) electrons. The predicted octanol–water partition coefficient (Wildman–Crippen LogP) is 3.12. The molecule has 1 aromatic rings. The molecule has 0 aliphatic carbocycles. The maximum Gasteiger partial charge on any atom is 0.251 e. The molecule has 1 aromatic carbocycles. The largest absolute Gasteiger partial charge is 0.384 e. The smallest absolute Gasteiger partial charge is 0.251 e. The lowest BCUT2D eigenvalue weighted by Crippen LogP contribution is -2.24. The van der Waals surface area contributed by atoms with E-state index in [-0.39, 0.29) is 12.5 Å². The normalized spacial score (nSPS) is 9.81. The van der Waals surface area contributed by atoms with Crippen molar-refractivity contribution in [1.29, 1.82) is 0 Å². The Morgan fingerprint density at radius 3 is 2.43 bits per heavy atom. The Balaban J connectivity index is 2.26. The Hall–Kier alpha value is -1.79. The van der Waals surface area contributed by atoms with E-state index < -0.39 is 0 Å². The Morgan fingerprint density at radius 1 is 1.10 bits per heavy atom. The fraction of sp³-hybridized carbons (Fsp3) is 0.500. The highest BCUT2D eigenvalue weighted by Gasteiger charge is 2.03. The first-order valence-corrected chi connectivity index (χ1v) is 7.76. The van der Waals surface area contributed by atoms with Gasteiger partial charge in [-0.1, -0.05) is 50.9 Å². The van der Waals surface area contributed by atoms with Crippen molar-refractivity contribution in [3.63, 3.8) is 0 Å². The molecule has 3 heteroatoms. The van der Waals surface area contributed by atoms with Crippen LogP contribution in [-0.2, 0) is 0 Å². The van der Waals surface area contributed by atoms with Crippen LogP contribution in [0.1, 0.15) is 61.4 Å². The molecule has 0 bridgehead atoms. The maximum atomic E-state index is 11.9. The highest BCUT2D eigenvalue weighted by atomic mass is 16.2. The number of benzene rings is 1. The van der Waals surface area contributed by atoms with Crippen LogP contribution in [0.5, 0.6) is 0 Å². The van der Waals surface area contributed by atoms with Gasteiger partial charge in [0.05, 0.1) is 0 Å². The molecule has 0 saturated heterocycles. The Bertz CT molecular complexity index is 468. The van der Waals surface area contributed by atoms with Gasteiger partial charge in [0, 0.05) is 17.7 Å². The summed E-state index contributed by atoms with van der Waals surface area (Å²) in [5.74, 6) is 5.35. The van der Waals surface area contributed by atoms with Crippen LogP contribution in [0, 0.1) is 11.8 Å². The Labute approximate surface area is 127 Å². The fourth-order valence-corrected chi connectivity index (χ4v) is 2.06. The molecule has 0 atom stereocenters. The molecule has 0 unspecified atom stereocenters. The van der Waals surface area contributed by atoms with Gasteiger partial charge in [0.2, 0.25) is 0 Å². The number of carbonyl (C=O) groups is 1. The molecule has 0 heterocycles. The van der Waals surface area contributed by atoms with E-state index in [1.54, 1.807) is 24.3 Å². The van der Waals surface area contributed by atoms with Gasteiger partial charge in [0.15, 0.2) is 0 Å². The fourth-order valence-electron chi connectivity index (χ4n) is 2.06. The minimum atomic E-state index is -0.152. The summed E-state index contributed by atoms with van der Waals surface area (Å²) >= 11 is 0. The van der Waals surface area contributed by atoms with Crippen LogP contribution in [-0.4, -0.2) is 24.2 Å². The van der Waals surface area contributed by atoms with E-state index in [0.717, 1.165) is 18.5 Å². The average Bonchev–Trinajstić information content (AvgIpc) is 2.52. The van der Waals surface area contributed by atoms with E-state index in [2.05, 4.69) is 24.1 Å². The second-order valence-corrected chi connectivity index (χ2v) is 5.06. The van der Waals surface area contributed by atoms with Crippen LogP contribution in [0.25, 0.3) is 0 Å². The third-order valence-corrected chi connectivity index (χ3v) is 3.27. The van der Waals surface area contributed by atoms with Crippen LogP contribution in [0.2, 0.25) is 0 Å². The summed E-state index contributed by atoms with van der Waals surface area (Å²) in [5.41, 5.74) is 1.45. The van der Waals surface area contributed by atoms with E-state index >= 15 is 0 Å². The van der Waals surface area contributed by atoms with Crippen LogP contribution < -0.4 is 5.32 Å². The van der Waals surface area contributed by atoms with Crippen LogP contribution in [0.4, 0.5) is 0 Å². The van der Waals surface area contributed by atoms with Gasteiger partial charge < -0.3 is 10.4 Å². The second kappa shape index (κ2) is 10.9. The van der Waals surface area contributed by atoms with E-state index in [1.165, 1.54) is 32.1 Å². The molecule has 0 spiro atoms. The lowest BCUT2D eigenvalue weighted by atomic mass is 10.1. The van der Waals surface area contributed by atoms with Crippen molar-refractivity contribution in [2.75, 3.05) is 13.2 Å². The molecule has 0 fully saturated rings. The molecule has 0 aromatic heterocycles. The molecule has 0 aliphatic heterocycles. The van der Waals surface area contributed by atoms with Gasteiger partial charge >= 0.3 is 0 Å². The maximum absolute atomic E-state index is 11.9. The van der Waals surface area contributed by atoms with Crippen molar-refractivity contribution < 1.29 is 9.90 Å². The number of amides is 1. The zero-order valence-electron chi connectivity index (χ0n) is 12.8. The first kappa shape index (κ1) is 17.3. The summed E-state index contributed by atoms with van der Waals surface area (Å²) in [4.78, 5) is 11.9. The lowest BCUT2D eigenvalue weighted by molar-refractivity contribution is 0.0953. The number of hydrogen-bond acceptors (Lipinski definition) is 2. The van der Waals surface area contributed by atoms with Crippen molar-refractivity contribution >= 4 is 5.91 Å². The van der Waals surface area contributed by atoms with Crippen molar-refractivity contribution in [3.05, 3.63) is 35.4 Å². The summed E-state index contributed by atoms with van der Waals surface area (Å²) in [6, 6.07) is 7.11. The summed E-state index contributed by atoms with van der Waals surface area (Å²) < 4.78 is 0. The van der Waals surface area contributed by atoms with Crippen LogP contribution >= 0.6 is 0 Å². The van der Waals surface area contributed by atoms with Gasteiger partial charge in [-0.15, -0.1) is 0 Å². The molecule has 2 N–H and O–H groups in total. The molecule has 1 rings (SSSR count). The van der Waals surface area contributed by atoms with Crippen molar-refractivity contribution in [3.8, 4) is 11.8 Å². The standard InChI is InChI=1S/C18H25NO2/c1-2-3-4-5-6-7-14-19-18(21)17-12-10-16(11-13-17)9-8-15-20/h10-13,20H,2-7,14-15H2,1H3,(H,19,21). The van der Waals surface area contributed by atoms with Crippen molar-refractivity contribution in [1.82, 2.24) is 5.32 Å². The van der Waals surface area contributed by atoms with Gasteiger partial charge in [-0.25, -0.2) is 0 Å². The molecular weight excluding hydrogens is 262 g/mol. The topological polar surface area (TPSA) is 49.3 Å². The first-order chi connectivity index (χ1) is 10.3. The summed E-state index contributed by atoms with van der Waals surface area (Å²) in [6.07, 6.45) is 7.32. The van der Waals surface area contributed by atoms with Gasteiger partial charge in [-0.3, -0.25) is 4.79 Å². The quantitative estimate of drug-likeness (QED) is 0.570.